The summed E-state index contributed by atoms with van der Waals surface area (Å²) in [6.45, 7) is 1.52. The summed E-state index contributed by atoms with van der Waals surface area (Å²) in [5, 5.41) is 2.52. The van der Waals surface area contributed by atoms with Crippen LogP contribution in [0, 0.1) is 0 Å². The van der Waals surface area contributed by atoms with Gasteiger partial charge in [0.05, 0.1) is 7.11 Å². The molecule has 1 aliphatic rings. The van der Waals surface area contributed by atoms with Crippen molar-refractivity contribution in [1.29, 1.82) is 0 Å². The van der Waals surface area contributed by atoms with Gasteiger partial charge in [-0.25, -0.2) is 0 Å². The van der Waals surface area contributed by atoms with Crippen molar-refractivity contribution in [3.05, 3.63) is 29.8 Å². The van der Waals surface area contributed by atoms with Crippen LogP contribution in [0.1, 0.15) is 5.56 Å². The Balaban J connectivity index is 2.04. The Hall–Kier alpha value is -2.04. The number of carbonyl (C=O) groups is 2. The predicted octanol–water partition coefficient (Wildman–Crippen LogP) is 0.154. The summed E-state index contributed by atoms with van der Waals surface area (Å²) in [4.78, 5) is 24.3. The van der Waals surface area contributed by atoms with Gasteiger partial charge in [-0.3, -0.25) is 9.59 Å². The molecule has 0 unspecified atom stereocenters. The quantitative estimate of drug-likeness (QED) is 0.758. The molecule has 1 aromatic rings. The summed E-state index contributed by atoms with van der Waals surface area (Å²) in [7, 11) is 1.60. The first-order valence-corrected chi connectivity index (χ1v) is 5.41. The van der Waals surface area contributed by atoms with Crippen molar-refractivity contribution in [3.8, 4) is 5.75 Å². The highest BCUT2D eigenvalue weighted by molar-refractivity contribution is 6.35. The average Bonchev–Trinajstić information content (AvgIpc) is 2.36. The Morgan fingerprint density at radius 1 is 1.29 bits per heavy atom. The zero-order valence-corrected chi connectivity index (χ0v) is 9.60. The lowest BCUT2D eigenvalue weighted by Gasteiger charge is -2.26. The number of amides is 2. The van der Waals surface area contributed by atoms with Gasteiger partial charge in [0.1, 0.15) is 5.75 Å². The van der Waals surface area contributed by atoms with Crippen LogP contribution >= 0.6 is 0 Å². The highest BCUT2D eigenvalue weighted by Crippen LogP contribution is 2.13. The maximum absolute atomic E-state index is 11.5. The van der Waals surface area contributed by atoms with Gasteiger partial charge in [-0.2, -0.15) is 0 Å². The minimum absolute atomic E-state index is 0.455. The van der Waals surface area contributed by atoms with E-state index in [1.807, 2.05) is 24.3 Å². The molecule has 90 valence electrons. The Bertz CT molecular complexity index is 428. The van der Waals surface area contributed by atoms with Crippen LogP contribution in [-0.2, 0) is 16.1 Å². The maximum atomic E-state index is 11.5. The fourth-order valence-corrected chi connectivity index (χ4v) is 1.73. The second-order valence-electron chi connectivity index (χ2n) is 3.83. The Kier molecular flexibility index (Phi) is 3.27. The summed E-state index contributed by atoms with van der Waals surface area (Å²) < 4.78 is 5.05. The zero-order valence-electron chi connectivity index (χ0n) is 9.60. The van der Waals surface area contributed by atoms with Gasteiger partial charge in [0.25, 0.3) is 0 Å². The molecular formula is C12H14N2O3. The molecule has 1 aliphatic heterocycles. The number of benzene rings is 1. The molecule has 0 saturated carbocycles. The normalized spacial score (nSPS) is 15.7. The molecule has 5 heteroatoms. The van der Waals surface area contributed by atoms with Crippen molar-refractivity contribution >= 4 is 11.8 Å². The monoisotopic (exact) mass is 234 g/mol. The van der Waals surface area contributed by atoms with Gasteiger partial charge in [-0.05, 0) is 17.7 Å². The molecule has 0 atom stereocenters. The molecule has 0 aliphatic carbocycles. The molecular weight excluding hydrogens is 220 g/mol. The first kappa shape index (κ1) is 11.4. The minimum atomic E-state index is -0.523. The zero-order chi connectivity index (χ0) is 12.3. The molecule has 1 heterocycles. The molecule has 1 aromatic carbocycles. The number of piperazine rings is 1. The molecule has 1 N–H and O–H groups in total. The molecule has 17 heavy (non-hydrogen) atoms. The molecule has 5 nitrogen and oxygen atoms in total. The summed E-state index contributed by atoms with van der Waals surface area (Å²) in [6.07, 6.45) is 0. The molecule has 2 amide bonds. The van der Waals surface area contributed by atoms with E-state index < -0.39 is 11.8 Å². The van der Waals surface area contributed by atoms with Gasteiger partial charge in [-0.1, -0.05) is 12.1 Å². The lowest BCUT2D eigenvalue weighted by atomic mass is 10.2. The van der Waals surface area contributed by atoms with Gasteiger partial charge in [0.15, 0.2) is 0 Å². The van der Waals surface area contributed by atoms with Crippen molar-refractivity contribution in [2.24, 2.45) is 0 Å². The molecule has 1 fully saturated rings. The van der Waals surface area contributed by atoms with Crippen LogP contribution < -0.4 is 10.1 Å². The SMILES string of the molecule is COc1ccc(CN2CCNC(=O)C2=O)cc1. The van der Waals surface area contributed by atoms with Crippen LogP contribution in [0.3, 0.4) is 0 Å². The highest BCUT2D eigenvalue weighted by Gasteiger charge is 2.25. The third-order valence-electron chi connectivity index (χ3n) is 2.68. The van der Waals surface area contributed by atoms with Crippen molar-refractivity contribution in [2.45, 2.75) is 6.54 Å². The first-order chi connectivity index (χ1) is 8.20. The third kappa shape index (κ3) is 2.55. The molecule has 0 radical (unpaired) electrons. The van der Waals surface area contributed by atoms with Crippen LogP contribution in [-0.4, -0.2) is 36.9 Å². The average molecular weight is 234 g/mol. The van der Waals surface area contributed by atoms with Crippen molar-refractivity contribution < 1.29 is 14.3 Å². The summed E-state index contributed by atoms with van der Waals surface area (Å²) >= 11 is 0. The van der Waals surface area contributed by atoms with Crippen LogP contribution in [0.5, 0.6) is 5.75 Å². The fourth-order valence-electron chi connectivity index (χ4n) is 1.73. The smallest absolute Gasteiger partial charge is 0.312 e. The van der Waals surface area contributed by atoms with Crippen LogP contribution in [0.2, 0.25) is 0 Å². The Labute approximate surface area is 99.4 Å². The largest absolute Gasteiger partial charge is 0.497 e. The minimum Gasteiger partial charge on any atom is -0.497 e. The van der Waals surface area contributed by atoms with Crippen LogP contribution in [0.25, 0.3) is 0 Å². The van der Waals surface area contributed by atoms with Crippen LogP contribution in [0.4, 0.5) is 0 Å². The number of hydrogen-bond donors (Lipinski definition) is 1. The Morgan fingerprint density at radius 3 is 2.65 bits per heavy atom. The van der Waals surface area contributed by atoms with E-state index >= 15 is 0 Å². The van der Waals surface area contributed by atoms with E-state index in [4.69, 9.17) is 4.74 Å². The Morgan fingerprint density at radius 2 is 2.00 bits per heavy atom. The first-order valence-electron chi connectivity index (χ1n) is 5.41. The van der Waals surface area contributed by atoms with Crippen molar-refractivity contribution in [3.63, 3.8) is 0 Å². The third-order valence-corrected chi connectivity index (χ3v) is 2.68. The van der Waals surface area contributed by atoms with Crippen molar-refractivity contribution in [1.82, 2.24) is 10.2 Å². The van der Waals surface area contributed by atoms with Crippen LogP contribution in [0.15, 0.2) is 24.3 Å². The summed E-state index contributed by atoms with van der Waals surface area (Å²) in [5.74, 6) is -0.215. The summed E-state index contributed by atoms with van der Waals surface area (Å²) in [5.41, 5.74) is 0.980. The van der Waals surface area contributed by atoms with Gasteiger partial charge in [0, 0.05) is 19.6 Å². The van der Waals surface area contributed by atoms with Gasteiger partial charge < -0.3 is 15.0 Å². The molecule has 0 bridgehead atoms. The number of methoxy groups -OCH3 is 1. The summed E-state index contributed by atoms with van der Waals surface area (Å²) in [6, 6.07) is 7.45. The lowest BCUT2D eigenvalue weighted by molar-refractivity contribution is -0.148. The number of nitrogens with one attached hydrogen (secondary N) is 1. The molecule has 2 rings (SSSR count). The molecule has 1 saturated heterocycles. The van der Waals surface area contributed by atoms with E-state index in [0.29, 0.717) is 19.6 Å². The van der Waals surface area contributed by atoms with E-state index in [1.54, 1.807) is 12.0 Å². The van der Waals surface area contributed by atoms with Gasteiger partial charge in [0.2, 0.25) is 0 Å². The van der Waals surface area contributed by atoms with Crippen molar-refractivity contribution in [2.75, 3.05) is 20.2 Å². The van der Waals surface area contributed by atoms with E-state index in [-0.39, 0.29) is 0 Å². The standard InChI is InChI=1S/C12H14N2O3/c1-17-10-4-2-9(3-5-10)8-14-7-6-13-11(15)12(14)16/h2-5H,6-8H2,1H3,(H,13,15). The van der Waals surface area contributed by atoms with Gasteiger partial charge in [-0.15, -0.1) is 0 Å². The molecule has 0 aromatic heterocycles. The number of nitrogens with zero attached hydrogens (tertiary/aromatic N) is 1. The number of hydrogen-bond acceptors (Lipinski definition) is 3. The van der Waals surface area contributed by atoms with E-state index in [1.165, 1.54) is 0 Å². The van der Waals surface area contributed by atoms with E-state index in [9.17, 15) is 9.59 Å². The second-order valence-corrected chi connectivity index (χ2v) is 3.83. The molecule has 0 spiro atoms. The van der Waals surface area contributed by atoms with E-state index in [0.717, 1.165) is 11.3 Å². The highest BCUT2D eigenvalue weighted by atomic mass is 16.5. The van der Waals surface area contributed by atoms with E-state index in [2.05, 4.69) is 5.32 Å². The number of carbonyl (C=O) groups excluding carboxylic acids is 2. The maximum Gasteiger partial charge on any atom is 0.312 e. The number of ether oxygens (including phenoxy) is 1. The predicted molar refractivity (Wildman–Crippen MR) is 61.4 cm³/mol. The van der Waals surface area contributed by atoms with Gasteiger partial charge >= 0.3 is 11.8 Å². The number of rotatable bonds is 3. The second kappa shape index (κ2) is 4.86. The topological polar surface area (TPSA) is 58.6 Å². The fraction of sp³-hybridized carbons (Fsp3) is 0.333. The lowest BCUT2D eigenvalue weighted by Crippen LogP contribution is -2.51.